The van der Waals surface area contributed by atoms with E-state index >= 15 is 0 Å². The lowest BCUT2D eigenvalue weighted by Gasteiger charge is -1.92. The third-order valence-electron chi connectivity index (χ3n) is 1.13. The van der Waals surface area contributed by atoms with Crippen molar-refractivity contribution in [1.82, 2.24) is 0 Å². The van der Waals surface area contributed by atoms with Crippen LogP contribution in [0, 0.1) is 0 Å². The Hall–Kier alpha value is -1.22. The molecule has 0 aliphatic carbocycles. The zero-order chi connectivity index (χ0) is 8.27. The van der Waals surface area contributed by atoms with E-state index in [1.54, 1.807) is 6.07 Å². The second-order valence-corrected chi connectivity index (χ2v) is 2.02. The Labute approximate surface area is 67.9 Å². The molecule has 0 aromatic carbocycles. The highest BCUT2D eigenvalue weighted by Gasteiger charge is 2.11. The first kappa shape index (κ1) is 7.88. The van der Waals surface area contributed by atoms with Crippen LogP contribution in [0.25, 0.3) is 5.57 Å². The van der Waals surface area contributed by atoms with Crippen LogP contribution in [0.1, 0.15) is 5.76 Å². The molecule has 4 heteroatoms. The summed E-state index contributed by atoms with van der Waals surface area (Å²) in [5.74, 6) is -0.845. The second kappa shape index (κ2) is 3.25. The molecular formula is C7H5ClO3. The molecular weight excluding hydrogens is 168 g/mol. The predicted molar refractivity (Wildman–Crippen MR) is 40.2 cm³/mol. The topological polar surface area (TPSA) is 50.4 Å². The van der Waals surface area contributed by atoms with Gasteiger partial charge < -0.3 is 9.52 Å². The highest BCUT2D eigenvalue weighted by Crippen LogP contribution is 2.15. The zero-order valence-electron chi connectivity index (χ0n) is 5.45. The highest BCUT2D eigenvalue weighted by molar-refractivity contribution is 6.34. The average Bonchev–Trinajstić information content (AvgIpc) is 2.40. The Balaban J connectivity index is 2.99. The SMILES string of the molecule is O=C(O)/C(=C/Cl)c1ccco1. The fourth-order valence-electron chi connectivity index (χ4n) is 0.638. The number of hydrogen-bond donors (Lipinski definition) is 1. The molecule has 1 aromatic rings. The smallest absolute Gasteiger partial charge is 0.340 e. The zero-order valence-corrected chi connectivity index (χ0v) is 6.21. The summed E-state index contributed by atoms with van der Waals surface area (Å²) in [6.07, 6.45) is 1.39. The summed E-state index contributed by atoms with van der Waals surface area (Å²) in [7, 11) is 0. The van der Waals surface area contributed by atoms with Crippen molar-refractivity contribution in [2.75, 3.05) is 0 Å². The Morgan fingerprint density at radius 2 is 2.45 bits per heavy atom. The Kier molecular flexibility index (Phi) is 2.33. The number of aliphatic carboxylic acids is 1. The molecule has 0 radical (unpaired) electrons. The van der Waals surface area contributed by atoms with E-state index in [1.807, 2.05) is 0 Å². The summed E-state index contributed by atoms with van der Waals surface area (Å²) >= 11 is 5.25. The standard InChI is InChI=1S/C7H5ClO3/c8-4-5(7(9)10)6-2-1-3-11-6/h1-4H,(H,9,10)/b5-4+. The molecule has 3 nitrogen and oxygen atoms in total. The minimum absolute atomic E-state index is 0.0448. The molecule has 0 aliphatic heterocycles. The third-order valence-corrected chi connectivity index (χ3v) is 1.34. The molecule has 0 bridgehead atoms. The first-order chi connectivity index (χ1) is 5.25. The number of furan rings is 1. The van der Waals surface area contributed by atoms with Gasteiger partial charge in [-0.25, -0.2) is 4.79 Å². The molecule has 1 N–H and O–H groups in total. The maximum Gasteiger partial charge on any atom is 0.340 e. The monoisotopic (exact) mass is 172 g/mol. The maximum absolute atomic E-state index is 10.4. The number of carboxylic acid groups (broad SMARTS) is 1. The minimum Gasteiger partial charge on any atom is -0.478 e. The van der Waals surface area contributed by atoms with Crippen LogP contribution < -0.4 is 0 Å². The van der Waals surface area contributed by atoms with E-state index < -0.39 is 5.97 Å². The summed E-state index contributed by atoms with van der Waals surface area (Å²) in [5, 5.41) is 8.53. The van der Waals surface area contributed by atoms with Gasteiger partial charge in [0.2, 0.25) is 0 Å². The van der Waals surface area contributed by atoms with Crippen LogP contribution in [0.15, 0.2) is 28.3 Å². The highest BCUT2D eigenvalue weighted by atomic mass is 35.5. The van der Waals surface area contributed by atoms with Crippen molar-refractivity contribution in [3.8, 4) is 0 Å². The van der Waals surface area contributed by atoms with Crippen LogP contribution in [0.5, 0.6) is 0 Å². The lowest BCUT2D eigenvalue weighted by atomic mass is 10.2. The summed E-state index contributed by atoms with van der Waals surface area (Å²) in [6, 6.07) is 3.13. The minimum atomic E-state index is -1.10. The molecule has 11 heavy (non-hydrogen) atoms. The summed E-state index contributed by atoms with van der Waals surface area (Å²) in [5.41, 5.74) is 0.929. The number of rotatable bonds is 2. The lowest BCUT2D eigenvalue weighted by Crippen LogP contribution is -1.96. The van der Waals surface area contributed by atoms with Crippen molar-refractivity contribution in [1.29, 1.82) is 0 Å². The van der Waals surface area contributed by atoms with Gasteiger partial charge in [0.15, 0.2) is 0 Å². The van der Waals surface area contributed by atoms with Crippen molar-refractivity contribution < 1.29 is 14.3 Å². The third kappa shape index (κ3) is 1.62. The second-order valence-electron chi connectivity index (χ2n) is 1.81. The molecule has 0 atom stereocenters. The number of carboxylic acids is 1. The molecule has 0 saturated heterocycles. The van der Waals surface area contributed by atoms with Crippen LogP contribution in [0.2, 0.25) is 0 Å². The van der Waals surface area contributed by atoms with Gasteiger partial charge in [-0.15, -0.1) is 0 Å². The molecule has 1 heterocycles. The van der Waals surface area contributed by atoms with E-state index in [2.05, 4.69) is 0 Å². The predicted octanol–water partition coefficient (Wildman–Crippen LogP) is 1.94. The van der Waals surface area contributed by atoms with E-state index in [4.69, 9.17) is 21.1 Å². The molecule has 0 fully saturated rings. The van der Waals surface area contributed by atoms with Crippen LogP contribution in [0.4, 0.5) is 0 Å². The van der Waals surface area contributed by atoms with E-state index in [0.29, 0.717) is 0 Å². The quantitative estimate of drug-likeness (QED) is 0.694. The Morgan fingerprint density at radius 3 is 2.82 bits per heavy atom. The fraction of sp³-hybridized carbons (Fsp3) is 0. The summed E-state index contributed by atoms with van der Waals surface area (Å²) in [4.78, 5) is 10.4. The average molecular weight is 173 g/mol. The number of carbonyl (C=O) groups is 1. The summed E-state index contributed by atoms with van der Waals surface area (Å²) < 4.78 is 4.81. The maximum atomic E-state index is 10.4. The van der Waals surface area contributed by atoms with Gasteiger partial charge in [0.25, 0.3) is 0 Å². The molecule has 1 aromatic heterocycles. The van der Waals surface area contributed by atoms with Crippen molar-refractivity contribution in [2.45, 2.75) is 0 Å². The molecule has 0 unspecified atom stereocenters. The van der Waals surface area contributed by atoms with Gasteiger partial charge in [-0.1, -0.05) is 11.6 Å². The van der Waals surface area contributed by atoms with Crippen molar-refractivity contribution in [3.05, 3.63) is 29.7 Å². The van der Waals surface area contributed by atoms with Gasteiger partial charge in [0.1, 0.15) is 11.3 Å². The number of hydrogen-bond acceptors (Lipinski definition) is 2. The van der Waals surface area contributed by atoms with Gasteiger partial charge >= 0.3 is 5.97 Å². The van der Waals surface area contributed by atoms with Crippen molar-refractivity contribution in [2.24, 2.45) is 0 Å². The lowest BCUT2D eigenvalue weighted by molar-refractivity contribution is -0.130. The molecule has 0 amide bonds. The number of halogens is 1. The molecule has 0 aliphatic rings. The normalized spacial score (nSPS) is 11.5. The Bertz CT molecular complexity index is 274. The molecule has 1 rings (SSSR count). The van der Waals surface area contributed by atoms with Crippen LogP contribution in [0.3, 0.4) is 0 Å². The molecule has 58 valence electrons. The van der Waals surface area contributed by atoms with Crippen LogP contribution >= 0.6 is 11.6 Å². The first-order valence-corrected chi connectivity index (χ1v) is 3.27. The van der Waals surface area contributed by atoms with Gasteiger partial charge in [-0.3, -0.25) is 0 Å². The van der Waals surface area contributed by atoms with Crippen LogP contribution in [-0.2, 0) is 4.79 Å². The van der Waals surface area contributed by atoms with E-state index in [9.17, 15) is 4.79 Å². The largest absolute Gasteiger partial charge is 0.478 e. The van der Waals surface area contributed by atoms with Crippen LogP contribution in [-0.4, -0.2) is 11.1 Å². The van der Waals surface area contributed by atoms with E-state index in [0.717, 1.165) is 5.54 Å². The molecule has 0 spiro atoms. The Morgan fingerprint density at radius 1 is 1.73 bits per heavy atom. The van der Waals surface area contributed by atoms with Gasteiger partial charge in [0.05, 0.1) is 6.26 Å². The summed E-state index contributed by atoms with van der Waals surface area (Å²) in [6.45, 7) is 0. The van der Waals surface area contributed by atoms with Gasteiger partial charge in [-0.2, -0.15) is 0 Å². The van der Waals surface area contributed by atoms with Crippen molar-refractivity contribution >= 4 is 23.1 Å². The van der Waals surface area contributed by atoms with E-state index in [-0.39, 0.29) is 11.3 Å². The van der Waals surface area contributed by atoms with Gasteiger partial charge in [0, 0.05) is 5.54 Å². The molecule has 0 saturated carbocycles. The van der Waals surface area contributed by atoms with E-state index in [1.165, 1.54) is 12.3 Å². The fourth-order valence-corrected chi connectivity index (χ4v) is 0.839. The van der Waals surface area contributed by atoms with Gasteiger partial charge in [-0.05, 0) is 12.1 Å². The first-order valence-electron chi connectivity index (χ1n) is 2.83. The van der Waals surface area contributed by atoms with Crippen molar-refractivity contribution in [3.63, 3.8) is 0 Å².